The number of anilines is 1. The van der Waals surface area contributed by atoms with Gasteiger partial charge in [-0.15, -0.1) is 11.8 Å². The summed E-state index contributed by atoms with van der Waals surface area (Å²) < 4.78 is 1.82. The van der Waals surface area contributed by atoms with E-state index in [9.17, 15) is 4.79 Å². The highest BCUT2D eigenvalue weighted by molar-refractivity contribution is 7.99. The zero-order valence-electron chi connectivity index (χ0n) is 14.2. The zero-order valence-corrected chi connectivity index (χ0v) is 15.0. The second kappa shape index (κ2) is 7.75. The van der Waals surface area contributed by atoms with Crippen molar-refractivity contribution < 1.29 is 4.79 Å². The predicted molar refractivity (Wildman–Crippen MR) is 99.3 cm³/mol. The molecule has 1 N–H and O–H groups in total. The Morgan fingerprint density at radius 1 is 1.38 bits per heavy atom. The molecule has 1 aromatic heterocycles. The molecule has 1 fully saturated rings. The summed E-state index contributed by atoms with van der Waals surface area (Å²) in [4.78, 5) is 15.0. The summed E-state index contributed by atoms with van der Waals surface area (Å²) in [6.45, 7) is 1.86. The maximum Gasteiger partial charge on any atom is 0.237 e. The molecule has 2 atom stereocenters. The van der Waals surface area contributed by atoms with E-state index in [1.165, 1.54) is 0 Å². The van der Waals surface area contributed by atoms with E-state index in [1.54, 1.807) is 11.8 Å². The molecule has 2 aromatic rings. The number of benzene rings is 1. The van der Waals surface area contributed by atoms with Gasteiger partial charge < -0.3 is 10.2 Å². The second-order valence-corrected chi connectivity index (χ2v) is 7.14. The monoisotopic (exact) mass is 344 g/mol. The topological polar surface area (TPSA) is 50.2 Å². The van der Waals surface area contributed by atoms with Crippen LogP contribution in [0.1, 0.15) is 23.7 Å². The summed E-state index contributed by atoms with van der Waals surface area (Å²) in [7, 11) is 1.93. The van der Waals surface area contributed by atoms with E-state index in [-0.39, 0.29) is 17.2 Å². The Kier molecular flexibility index (Phi) is 5.45. The van der Waals surface area contributed by atoms with Crippen molar-refractivity contribution in [2.45, 2.75) is 24.1 Å². The Labute approximate surface area is 147 Å². The van der Waals surface area contributed by atoms with E-state index in [1.807, 2.05) is 60.7 Å². The van der Waals surface area contributed by atoms with Gasteiger partial charge in [-0.3, -0.25) is 9.48 Å². The Morgan fingerprint density at radius 3 is 2.83 bits per heavy atom. The molecule has 2 heterocycles. The lowest BCUT2D eigenvalue weighted by atomic mass is 10.0. The minimum atomic E-state index is -0.153. The number of nitrogens with zero attached hydrogens (tertiary/aromatic N) is 3. The molecule has 0 spiro atoms. The first-order valence-corrected chi connectivity index (χ1v) is 9.58. The largest absolute Gasteiger partial charge is 0.367 e. The molecule has 0 saturated carbocycles. The standard InChI is InChI=1S/C18H24N4OS/c1-21-13-16(11-19-21)22-10-6-9-15(12-22)20-18(23)17(24-2)14-7-4-3-5-8-14/h3-5,7-8,11,13,15,17H,6,9-10,12H2,1-2H3,(H,20,23)/t15-,17+/m0/s1. The van der Waals surface area contributed by atoms with Crippen LogP contribution in [0.15, 0.2) is 42.7 Å². The van der Waals surface area contributed by atoms with Crippen LogP contribution in [0.4, 0.5) is 5.69 Å². The van der Waals surface area contributed by atoms with Crippen molar-refractivity contribution in [3.05, 3.63) is 48.3 Å². The SMILES string of the molecule is CS[C@@H](C(=O)N[C@H]1CCCN(c2cnn(C)c2)C1)c1ccccc1. The molecule has 1 aliphatic rings. The fourth-order valence-electron chi connectivity index (χ4n) is 3.20. The van der Waals surface area contributed by atoms with Crippen LogP contribution < -0.4 is 10.2 Å². The van der Waals surface area contributed by atoms with Crippen LogP contribution in [0, 0.1) is 0 Å². The van der Waals surface area contributed by atoms with Gasteiger partial charge in [-0.2, -0.15) is 5.10 Å². The van der Waals surface area contributed by atoms with Crippen LogP contribution in [0.3, 0.4) is 0 Å². The molecule has 1 amide bonds. The van der Waals surface area contributed by atoms with Gasteiger partial charge in [0.1, 0.15) is 5.25 Å². The molecule has 1 saturated heterocycles. The molecule has 1 aliphatic heterocycles. The van der Waals surface area contributed by atoms with Crippen LogP contribution in [-0.2, 0) is 11.8 Å². The minimum Gasteiger partial charge on any atom is -0.367 e. The van der Waals surface area contributed by atoms with Crippen LogP contribution in [0.25, 0.3) is 0 Å². The molecule has 0 aliphatic carbocycles. The number of hydrogen-bond donors (Lipinski definition) is 1. The third-order valence-corrected chi connectivity index (χ3v) is 5.36. The van der Waals surface area contributed by atoms with Crippen LogP contribution >= 0.6 is 11.8 Å². The number of carbonyl (C=O) groups is 1. The number of nitrogens with one attached hydrogen (secondary N) is 1. The number of carbonyl (C=O) groups excluding carboxylic acids is 1. The summed E-state index contributed by atoms with van der Waals surface area (Å²) in [5, 5.41) is 7.34. The lowest BCUT2D eigenvalue weighted by Crippen LogP contribution is -2.48. The van der Waals surface area contributed by atoms with E-state index in [0.29, 0.717) is 0 Å². The molecule has 1 aromatic carbocycles. The van der Waals surface area contributed by atoms with Gasteiger partial charge >= 0.3 is 0 Å². The quantitative estimate of drug-likeness (QED) is 0.906. The maximum atomic E-state index is 12.7. The van der Waals surface area contributed by atoms with Gasteiger partial charge in [0.2, 0.25) is 5.91 Å². The van der Waals surface area contributed by atoms with Crippen molar-refractivity contribution in [2.75, 3.05) is 24.2 Å². The van der Waals surface area contributed by atoms with Gasteiger partial charge in [0.25, 0.3) is 0 Å². The van der Waals surface area contributed by atoms with E-state index >= 15 is 0 Å². The van der Waals surface area contributed by atoms with Crippen LogP contribution in [0.5, 0.6) is 0 Å². The summed E-state index contributed by atoms with van der Waals surface area (Å²) in [5.41, 5.74) is 2.18. The number of rotatable bonds is 5. The highest BCUT2D eigenvalue weighted by atomic mass is 32.2. The van der Waals surface area contributed by atoms with E-state index in [4.69, 9.17) is 0 Å². The Bertz CT molecular complexity index is 673. The second-order valence-electron chi connectivity index (χ2n) is 6.19. The lowest BCUT2D eigenvalue weighted by Gasteiger charge is -2.34. The van der Waals surface area contributed by atoms with Gasteiger partial charge in [0.05, 0.1) is 11.9 Å². The highest BCUT2D eigenvalue weighted by Gasteiger charge is 2.26. The summed E-state index contributed by atoms with van der Waals surface area (Å²) in [5.74, 6) is 0.103. The molecule has 24 heavy (non-hydrogen) atoms. The summed E-state index contributed by atoms with van der Waals surface area (Å²) in [6, 6.07) is 10.2. The number of aromatic nitrogens is 2. The Morgan fingerprint density at radius 2 is 2.17 bits per heavy atom. The first kappa shape index (κ1) is 16.9. The fourth-order valence-corrected chi connectivity index (χ4v) is 3.91. The van der Waals surface area contributed by atoms with Gasteiger partial charge in [0.15, 0.2) is 0 Å². The Balaban J connectivity index is 1.63. The molecule has 6 heteroatoms. The number of hydrogen-bond acceptors (Lipinski definition) is 4. The van der Waals surface area contributed by atoms with E-state index in [2.05, 4.69) is 15.3 Å². The van der Waals surface area contributed by atoms with Crippen LogP contribution in [-0.4, -0.2) is 41.1 Å². The minimum absolute atomic E-state index is 0.103. The number of aryl methyl sites for hydroxylation is 1. The Hall–Kier alpha value is -1.95. The van der Waals surface area contributed by atoms with Crippen molar-refractivity contribution in [3.8, 4) is 0 Å². The third kappa shape index (κ3) is 3.93. The first-order valence-electron chi connectivity index (χ1n) is 8.29. The highest BCUT2D eigenvalue weighted by Crippen LogP contribution is 2.27. The predicted octanol–water partition coefficient (Wildman–Crippen LogP) is 2.61. The number of piperidine rings is 1. The van der Waals surface area contributed by atoms with E-state index < -0.39 is 0 Å². The normalized spacial score (nSPS) is 19.1. The summed E-state index contributed by atoms with van der Waals surface area (Å²) in [6.07, 6.45) is 8.01. The van der Waals surface area contributed by atoms with Crippen LogP contribution in [0.2, 0.25) is 0 Å². The zero-order chi connectivity index (χ0) is 16.9. The molecule has 3 rings (SSSR count). The average molecular weight is 344 g/mol. The van der Waals surface area contributed by atoms with Gasteiger partial charge in [0, 0.05) is 32.4 Å². The van der Waals surface area contributed by atoms with Gasteiger partial charge in [-0.05, 0) is 24.7 Å². The number of amides is 1. The van der Waals surface area contributed by atoms with Crippen molar-refractivity contribution >= 4 is 23.4 Å². The molecule has 0 unspecified atom stereocenters. The molecule has 0 radical (unpaired) electrons. The van der Waals surface area contributed by atoms with Gasteiger partial charge in [-0.1, -0.05) is 30.3 Å². The van der Waals surface area contributed by atoms with Crippen molar-refractivity contribution in [2.24, 2.45) is 7.05 Å². The molecule has 128 valence electrons. The molecular weight excluding hydrogens is 320 g/mol. The fraction of sp³-hybridized carbons (Fsp3) is 0.444. The number of thioether (sulfide) groups is 1. The van der Waals surface area contributed by atoms with Gasteiger partial charge in [-0.25, -0.2) is 0 Å². The molecular formula is C18H24N4OS. The summed E-state index contributed by atoms with van der Waals surface area (Å²) >= 11 is 1.58. The first-order chi connectivity index (χ1) is 11.7. The lowest BCUT2D eigenvalue weighted by molar-refractivity contribution is -0.121. The van der Waals surface area contributed by atoms with Crippen molar-refractivity contribution in [1.29, 1.82) is 0 Å². The molecule has 0 bridgehead atoms. The average Bonchev–Trinajstić information content (AvgIpc) is 3.03. The molecule has 5 nitrogen and oxygen atoms in total. The maximum absolute atomic E-state index is 12.7. The third-order valence-electron chi connectivity index (χ3n) is 4.40. The smallest absolute Gasteiger partial charge is 0.237 e. The van der Waals surface area contributed by atoms with Crippen molar-refractivity contribution in [3.63, 3.8) is 0 Å². The van der Waals surface area contributed by atoms with E-state index in [0.717, 1.165) is 37.2 Å². The van der Waals surface area contributed by atoms with Crippen molar-refractivity contribution in [1.82, 2.24) is 15.1 Å².